The maximum absolute atomic E-state index is 13.2. The lowest BCUT2D eigenvalue weighted by Gasteiger charge is -2.29. The summed E-state index contributed by atoms with van der Waals surface area (Å²) in [6.45, 7) is 3.95. The fourth-order valence-corrected chi connectivity index (χ4v) is 3.91. The lowest BCUT2D eigenvalue weighted by molar-refractivity contribution is -0.128. The maximum Gasteiger partial charge on any atom is 0.325 e. The first-order valence-corrected chi connectivity index (χ1v) is 10.2. The maximum atomic E-state index is 13.2. The van der Waals surface area contributed by atoms with Gasteiger partial charge in [0, 0.05) is 12.1 Å². The summed E-state index contributed by atoms with van der Waals surface area (Å²) in [7, 11) is 0. The van der Waals surface area contributed by atoms with Crippen LogP contribution in [0, 0.1) is 0 Å². The number of benzene rings is 2. The molecule has 0 spiro atoms. The van der Waals surface area contributed by atoms with Crippen LogP contribution in [0.5, 0.6) is 5.75 Å². The summed E-state index contributed by atoms with van der Waals surface area (Å²) >= 11 is 0. The number of rotatable bonds is 6. The van der Waals surface area contributed by atoms with Gasteiger partial charge in [0.2, 0.25) is 0 Å². The average Bonchev–Trinajstić information content (AvgIpc) is 3.09. The van der Waals surface area contributed by atoms with E-state index in [-0.39, 0.29) is 12.5 Å². The molecule has 1 N–H and O–H groups in total. The van der Waals surface area contributed by atoms with Crippen LogP contribution >= 0.6 is 0 Å². The van der Waals surface area contributed by atoms with Crippen molar-refractivity contribution in [2.24, 2.45) is 0 Å². The number of fused-ring (bicyclic) bond motifs is 1. The average molecular weight is 421 g/mol. The molecule has 2 aromatic rings. The SMILES string of the molecule is CCCN1C(=O)COc2ccc(C(=O)C(C)N3C(=O)NC(c4ccccc4)C3=O)cc21. The third kappa shape index (κ3) is 3.65. The summed E-state index contributed by atoms with van der Waals surface area (Å²) in [5.41, 5.74) is 1.48. The van der Waals surface area contributed by atoms with Crippen molar-refractivity contribution >= 4 is 29.3 Å². The Kier molecular flexibility index (Phi) is 5.46. The smallest absolute Gasteiger partial charge is 0.325 e. The van der Waals surface area contributed by atoms with Crippen molar-refractivity contribution in [3.05, 3.63) is 59.7 Å². The number of Topliss-reactive ketones (excluding diaryl/α,β-unsaturated/α-hetero) is 1. The zero-order valence-corrected chi connectivity index (χ0v) is 17.3. The van der Waals surface area contributed by atoms with Crippen LogP contribution in [0.1, 0.15) is 42.2 Å². The molecule has 2 aromatic carbocycles. The first-order chi connectivity index (χ1) is 14.9. The molecule has 0 aliphatic carbocycles. The van der Waals surface area contributed by atoms with Crippen LogP contribution < -0.4 is 15.0 Å². The Morgan fingerprint density at radius 2 is 1.90 bits per heavy atom. The van der Waals surface area contributed by atoms with Crippen LogP contribution in [0.4, 0.5) is 10.5 Å². The minimum absolute atomic E-state index is 0.0416. The first-order valence-electron chi connectivity index (χ1n) is 10.2. The van der Waals surface area contributed by atoms with Gasteiger partial charge in [-0.3, -0.25) is 19.3 Å². The summed E-state index contributed by atoms with van der Waals surface area (Å²) in [6, 6.07) is 11.3. The van der Waals surface area contributed by atoms with Gasteiger partial charge in [0.05, 0.1) is 5.69 Å². The molecular formula is C23H23N3O5. The van der Waals surface area contributed by atoms with Crippen LogP contribution in [0.3, 0.4) is 0 Å². The molecule has 8 heteroatoms. The largest absolute Gasteiger partial charge is 0.482 e. The van der Waals surface area contributed by atoms with E-state index >= 15 is 0 Å². The number of imide groups is 1. The molecule has 2 unspecified atom stereocenters. The molecular weight excluding hydrogens is 398 g/mol. The molecule has 2 aliphatic heterocycles. The number of hydrogen-bond acceptors (Lipinski definition) is 5. The van der Waals surface area contributed by atoms with Gasteiger partial charge < -0.3 is 15.0 Å². The van der Waals surface area contributed by atoms with Crippen molar-refractivity contribution < 1.29 is 23.9 Å². The van der Waals surface area contributed by atoms with Crippen molar-refractivity contribution in [1.82, 2.24) is 10.2 Å². The molecule has 0 saturated carbocycles. The highest BCUT2D eigenvalue weighted by atomic mass is 16.5. The summed E-state index contributed by atoms with van der Waals surface area (Å²) in [5, 5.41) is 2.65. The van der Waals surface area contributed by atoms with Crippen molar-refractivity contribution in [2.45, 2.75) is 32.4 Å². The fourth-order valence-electron chi connectivity index (χ4n) is 3.91. The Balaban J connectivity index is 1.59. The van der Waals surface area contributed by atoms with Crippen molar-refractivity contribution in [3.8, 4) is 5.75 Å². The Hall–Kier alpha value is -3.68. The summed E-state index contributed by atoms with van der Waals surface area (Å²) < 4.78 is 5.47. The Labute approximate surface area is 179 Å². The van der Waals surface area contributed by atoms with E-state index in [2.05, 4.69) is 5.32 Å². The van der Waals surface area contributed by atoms with E-state index in [4.69, 9.17) is 4.74 Å². The van der Waals surface area contributed by atoms with Gasteiger partial charge >= 0.3 is 6.03 Å². The second kappa shape index (κ2) is 8.22. The number of hydrogen-bond donors (Lipinski definition) is 1. The number of carbonyl (C=O) groups is 4. The van der Waals surface area contributed by atoms with E-state index in [0.29, 0.717) is 29.1 Å². The number of ketones is 1. The van der Waals surface area contributed by atoms with Gasteiger partial charge in [-0.25, -0.2) is 4.79 Å². The Bertz CT molecular complexity index is 1050. The summed E-state index contributed by atoms with van der Waals surface area (Å²) in [5.74, 6) is -0.515. The minimum atomic E-state index is -1.00. The van der Waals surface area contributed by atoms with E-state index in [1.54, 1.807) is 47.4 Å². The molecule has 1 fully saturated rings. The van der Waals surface area contributed by atoms with Gasteiger partial charge in [0.15, 0.2) is 12.4 Å². The van der Waals surface area contributed by atoms with Crippen molar-refractivity contribution in [3.63, 3.8) is 0 Å². The molecule has 1 saturated heterocycles. The molecule has 0 aromatic heterocycles. The third-order valence-electron chi connectivity index (χ3n) is 5.50. The molecule has 4 rings (SSSR count). The lowest BCUT2D eigenvalue weighted by Crippen LogP contribution is -2.44. The molecule has 2 aliphatic rings. The Morgan fingerprint density at radius 1 is 1.16 bits per heavy atom. The van der Waals surface area contributed by atoms with Crippen LogP contribution in [-0.4, -0.2) is 47.7 Å². The Morgan fingerprint density at radius 3 is 2.61 bits per heavy atom. The van der Waals surface area contributed by atoms with Gasteiger partial charge in [-0.1, -0.05) is 37.3 Å². The molecule has 2 atom stereocenters. The fraction of sp³-hybridized carbons (Fsp3) is 0.304. The number of urea groups is 1. The van der Waals surface area contributed by atoms with Crippen LogP contribution in [0.2, 0.25) is 0 Å². The van der Waals surface area contributed by atoms with Crippen LogP contribution in [-0.2, 0) is 9.59 Å². The van der Waals surface area contributed by atoms with Gasteiger partial charge in [0.25, 0.3) is 11.8 Å². The molecule has 0 bridgehead atoms. The summed E-state index contributed by atoms with van der Waals surface area (Å²) in [6.07, 6.45) is 0.753. The predicted octanol–water partition coefficient (Wildman–Crippen LogP) is 2.69. The topological polar surface area (TPSA) is 96.0 Å². The van der Waals surface area contributed by atoms with Gasteiger partial charge in [0.1, 0.15) is 17.8 Å². The number of ether oxygens (including phenoxy) is 1. The molecule has 4 amide bonds. The molecule has 0 radical (unpaired) electrons. The monoisotopic (exact) mass is 421 g/mol. The number of nitrogens with zero attached hydrogens (tertiary/aromatic N) is 2. The zero-order chi connectivity index (χ0) is 22.1. The highest BCUT2D eigenvalue weighted by Gasteiger charge is 2.43. The molecule has 160 valence electrons. The van der Waals surface area contributed by atoms with E-state index in [9.17, 15) is 19.2 Å². The molecule has 2 heterocycles. The number of carbonyl (C=O) groups excluding carboxylic acids is 4. The predicted molar refractivity (Wildman–Crippen MR) is 113 cm³/mol. The third-order valence-corrected chi connectivity index (χ3v) is 5.50. The van der Waals surface area contributed by atoms with Crippen molar-refractivity contribution in [1.29, 1.82) is 0 Å². The number of nitrogens with one attached hydrogen (secondary N) is 1. The van der Waals surface area contributed by atoms with Gasteiger partial charge in [-0.05, 0) is 37.1 Å². The van der Waals surface area contributed by atoms with E-state index in [1.807, 2.05) is 13.0 Å². The summed E-state index contributed by atoms with van der Waals surface area (Å²) in [4.78, 5) is 53.4. The molecule has 31 heavy (non-hydrogen) atoms. The van der Waals surface area contributed by atoms with Crippen molar-refractivity contribution in [2.75, 3.05) is 18.1 Å². The lowest BCUT2D eigenvalue weighted by atomic mass is 10.0. The van der Waals surface area contributed by atoms with E-state index < -0.39 is 29.8 Å². The van der Waals surface area contributed by atoms with Gasteiger partial charge in [-0.2, -0.15) is 0 Å². The second-order valence-corrected chi connectivity index (χ2v) is 7.56. The second-order valence-electron chi connectivity index (χ2n) is 7.56. The zero-order valence-electron chi connectivity index (χ0n) is 17.3. The highest BCUT2D eigenvalue weighted by Crippen LogP contribution is 2.34. The molecule has 8 nitrogen and oxygen atoms in total. The first kappa shape index (κ1) is 20.6. The number of anilines is 1. The van der Waals surface area contributed by atoms with Crippen LogP contribution in [0.25, 0.3) is 0 Å². The minimum Gasteiger partial charge on any atom is -0.482 e. The van der Waals surface area contributed by atoms with E-state index in [0.717, 1.165) is 11.3 Å². The highest BCUT2D eigenvalue weighted by molar-refractivity contribution is 6.11. The normalized spacial score (nSPS) is 19.0. The standard InChI is InChI=1S/C23H23N3O5/c1-3-11-25-17-12-16(9-10-18(17)31-13-19(25)27)21(28)14(2)26-22(29)20(24-23(26)30)15-7-5-4-6-8-15/h4-10,12,14,20H,3,11,13H2,1-2H3,(H,24,30). The van der Waals surface area contributed by atoms with Crippen LogP contribution in [0.15, 0.2) is 48.5 Å². The van der Waals surface area contributed by atoms with E-state index in [1.165, 1.54) is 6.92 Å². The van der Waals surface area contributed by atoms with Gasteiger partial charge in [-0.15, -0.1) is 0 Å². The number of amides is 4. The quantitative estimate of drug-likeness (QED) is 0.572.